The van der Waals surface area contributed by atoms with Crippen LogP contribution in [0.5, 0.6) is 0 Å². The molecule has 4 N–H and O–H groups in total. The summed E-state index contributed by atoms with van der Waals surface area (Å²) >= 11 is 0. The highest BCUT2D eigenvalue weighted by Crippen LogP contribution is 2.40. The summed E-state index contributed by atoms with van der Waals surface area (Å²) in [5, 5.41) is 13.4. The fourth-order valence-corrected chi connectivity index (χ4v) is 13.1. The number of rotatable bonds is 22. The van der Waals surface area contributed by atoms with E-state index in [1.54, 1.807) is 73.0 Å². The van der Waals surface area contributed by atoms with Crippen LogP contribution in [0.4, 0.5) is 14.5 Å². The fraction of sp³-hybridized carbons (Fsp3) is 0.612. The molecule has 0 radical (unpaired) electrons. The number of halogens is 2. The summed E-state index contributed by atoms with van der Waals surface area (Å²) in [6, 6.07) is 1.23. The summed E-state index contributed by atoms with van der Waals surface area (Å²) in [5.74, 6) is 0. The van der Waals surface area contributed by atoms with Crippen molar-refractivity contribution in [2.75, 3.05) is 117 Å². The summed E-state index contributed by atoms with van der Waals surface area (Å²) in [6.07, 6.45) is -2.88. The number of hydrogen-bond donors (Lipinski definition) is 3. The minimum atomic E-state index is -2.75. The zero-order chi connectivity index (χ0) is 84.2. The molecular formula is C67H93F2N21O17. The normalized spacial score (nSPS) is 30.8. The zero-order valence-electron chi connectivity index (χ0n) is 70.1. The Morgan fingerprint density at radius 3 is 1.23 bits per heavy atom. The molecule has 0 aromatic carbocycles. The second-order valence-electron chi connectivity index (χ2n) is 24.3. The van der Waals surface area contributed by atoms with Crippen molar-refractivity contribution in [2.45, 2.75) is 158 Å². The second-order valence-corrected chi connectivity index (χ2v) is 24.3. The topological polar surface area (TPSA) is 411 Å². The second kappa shape index (κ2) is 36.3. The molecule has 10 aromatic heterocycles. The van der Waals surface area contributed by atoms with E-state index in [1.165, 1.54) is 104 Å². The maximum Gasteiger partial charge on any atom is 0.189 e. The number of methoxy groups -OCH3 is 10. The van der Waals surface area contributed by atoms with E-state index >= 15 is 0 Å². The highest BCUT2D eigenvalue weighted by atomic mass is 19.1. The number of nitrogens with zero attached hydrogens (tertiary/aromatic N) is 19. The van der Waals surface area contributed by atoms with E-state index in [0.29, 0.717) is 86.1 Å². The van der Waals surface area contributed by atoms with Crippen LogP contribution in [-0.4, -0.2) is 301 Å². The van der Waals surface area contributed by atoms with Gasteiger partial charge in [0.05, 0.1) is 105 Å². The molecule has 0 bridgehead atoms. The summed E-state index contributed by atoms with van der Waals surface area (Å²) in [5.41, 5.74) is 14.7. The van der Waals surface area contributed by atoms with Crippen LogP contribution in [0.15, 0.2) is 69.2 Å². The number of likely N-dealkylation sites (N-methyl/N-ethyl adjacent to an activating group) is 1. The molecule has 5 saturated heterocycles. The van der Waals surface area contributed by atoms with Crippen molar-refractivity contribution < 1.29 is 102 Å². The van der Waals surface area contributed by atoms with Gasteiger partial charge in [-0.05, 0) is 47.7 Å². The Balaban J connectivity index is 0.000000143. The first-order chi connectivity index (χ1) is 55.3. The first-order valence-electron chi connectivity index (χ1n) is 37.9. The number of nitrogens with one attached hydrogen (secondary N) is 1. The van der Waals surface area contributed by atoms with Crippen LogP contribution >= 0.6 is 0 Å². The summed E-state index contributed by atoms with van der Waals surface area (Å²) in [7, 11) is 11.3. The predicted molar refractivity (Wildman–Crippen MR) is 374 cm³/mol. The quantitative estimate of drug-likeness (QED) is 0.0875. The van der Waals surface area contributed by atoms with Crippen molar-refractivity contribution in [3.63, 3.8) is 0 Å². The number of anilines is 1. The monoisotopic (exact) mass is 1510 g/mol. The maximum absolute atomic E-state index is 14.8. The molecule has 0 aliphatic carbocycles. The highest BCUT2D eigenvalue weighted by molar-refractivity contribution is 5.84. The highest BCUT2D eigenvalue weighted by Gasteiger charge is 2.51. The van der Waals surface area contributed by atoms with Gasteiger partial charge in [0.2, 0.25) is 0 Å². The molecule has 0 saturated carbocycles. The molecule has 10 aromatic rings. The van der Waals surface area contributed by atoms with E-state index in [4.69, 9.17) is 93.9 Å². The Hall–Kier alpha value is -8.24. The van der Waals surface area contributed by atoms with Crippen LogP contribution in [0.2, 0.25) is 0 Å². The van der Waals surface area contributed by atoms with Gasteiger partial charge >= 0.3 is 0 Å². The SMILES string of the molecule is CCO[C@H]1O[C@@H](n2cnc3c(C)ncnc32)[C@@H](O)[C@@H]1OC.CN[C@H]1[C@@H](F)[C@H](n2cnc3c(C)ncnc32)O[C@@H]1COC.[2H]C([2H])(OC)[C@H]1O[C@@H](n2cnc3c(C)ncnc32)[C@H](F)[C@@H]1OC.[2H]C([2H])(OC)[C@H]1O[C@@H](n2cnc3c(N)ccnc32)C(OC)C1OC.[2H]C([2H])([2H])O[C@@H]1[C@H](OC)[C@@H](C([2H])([2H])OC)O[C@H]1n1cnc2c(C)ncnc21. The smallest absolute Gasteiger partial charge is 0.189 e. The van der Waals surface area contributed by atoms with Crippen LogP contribution in [0.3, 0.4) is 0 Å². The molecule has 107 heavy (non-hydrogen) atoms. The molecule has 582 valence electrons. The number of aliphatic hydroxyl groups is 1. The number of hydrogen-bond acceptors (Lipinski definition) is 33. The number of nitrogens with two attached hydrogens (primary N) is 1. The molecule has 20 atom stereocenters. The van der Waals surface area contributed by atoms with Gasteiger partial charge in [0, 0.05) is 83.8 Å². The van der Waals surface area contributed by atoms with Gasteiger partial charge in [-0.15, -0.1) is 0 Å². The van der Waals surface area contributed by atoms with E-state index in [9.17, 15) is 13.9 Å². The van der Waals surface area contributed by atoms with Gasteiger partial charge in [0.25, 0.3) is 0 Å². The Morgan fingerprint density at radius 2 is 0.832 bits per heavy atom. The first kappa shape index (κ1) is 68.1. The third-order valence-electron chi connectivity index (χ3n) is 18.3. The predicted octanol–water partition coefficient (Wildman–Crippen LogP) is 3.33. The summed E-state index contributed by atoms with van der Waals surface area (Å²) in [6.45, 7) is 3.40. The molecule has 0 amide bonds. The Kier molecular flexibility index (Phi) is 23.1. The number of nitrogen functional groups attached to an aromatic ring is 1. The molecule has 0 spiro atoms. The van der Waals surface area contributed by atoms with Gasteiger partial charge in [0.1, 0.15) is 120 Å². The molecule has 5 fully saturated rings. The van der Waals surface area contributed by atoms with Gasteiger partial charge in [-0.3, -0.25) is 22.8 Å². The van der Waals surface area contributed by atoms with Crippen molar-refractivity contribution in [1.29, 1.82) is 0 Å². The molecule has 40 heteroatoms. The van der Waals surface area contributed by atoms with Crippen molar-refractivity contribution >= 4 is 61.5 Å². The number of ether oxygens (including phenoxy) is 16. The van der Waals surface area contributed by atoms with E-state index < -0.39 is 144 Å². The maximum atomic E-state index is 14.8. The number of pyridine rings is 1. The van der Waals surface area contributed by atoms with Crippen LogP contribution < -0.4 is 11.1 Å². The molecule has 2 unspecified atom stereocenters. The lowest BCUT2D eigenvalue weighted by Crippen LogP contribution is -2.42. The van der Waals surface area contributed by atoms with Crippen molar-refractivity contribution in [3.05, 3.63) is 92.0 Å². The van der Waals surface area contributed by atoms with Gasteiger partial charge in [-0.1, -0.05) is 0 Å². The molecule has 5 aliphatic rings. The lowest BCUT2D eigenvalue weighted by Gasteiger charge is -2.21. The standard InChI is InChI=1S/2C14H20N4O4.C13H18FN5O2.C13H17FN4O3.C13H18N4O4/c1-8-10-13(16-6-15-8)18(7-17-10)14-12(21-4)11(20-3)9(22-14)5-19-2;1-19-6-9-11(20-2)12(21-3)14(22-9)18-7-17-10-8(15)4-5-16-13(10)18;1-7-10-12(17-5-16-7)19(6-18-10)13-9(14)11(15-2)8(21-13)4-20-3;1-7-10-12(16-5-15-7)18(6-17-10)13-9(14)11(20-3)8(21-13)4-19-2;1-4-20-13-10(19-3)9(18)12(21-13)17-6-16-8-7(2)14-5-15-11(8)17/h6-7,9,11-12,14H,5H2,1-4H3;4-5,7,9,11-12,14H,6H2,1-3H3,(H2,15,16);5-6,8-9,11,13,15H,4H2,1-3H3;5-6,8-9,11,13H,4H2,1-3H3;5-6,9-10,12-13,18H,4H2,1-3H3/t9-,11-,12-,14-;9-,11?,12?,14-;2*8-,9-,11-,13-;9-,10-,12+,13-/m11110/s1/i4D3,5D2;6D2;;4D2;. The van der Waals surface area contributed by atoms with Gasteiger partial charge < -0.3 is 91.9 Å². The number of fused-ring (bicyclic) bond motifs is 5. The molecule has 15 heterocycles. The lowest BCUT2D eigenvalue weighted by atomic mass is 10.1. The van der Waals surface area contributed by atoms with Crippen LogP contribution in [0.25, 0.3) is 55.8 Å². The van der Waals surface area contributed by atoms with Crippen LogP contribution in [-0.2, 0) is 75.8 Å². The zero-order valence-corrected chi connectivity index (χ0v) is 61.1. The van der Waals surface area contributed by atoms with E-state index in [2.05, 4.69) is 75.1 Å². The van der Waals surface area contributed by atoms with Crippen LogP contribution in [0.1, 0.15) is 73.2 Å². The average Bonchev–Trinajstić information content (AvgIpc) is 1.62. The van der Waals surface area contributed by atoms with E-state index in [0.717, 1.165) is 11.4 Å². The van der Waals surface area contributed by atoms with Crippen LogP contribution in [0, 0.1) is 27.7 Å². The van der Waals surface area contributed by atoms with Gasteiger partial charge in [-0.25, -0.2) is 78.6 Å². The molecule has 38 nitrogen and oxygen atoms in total. The largest absolute Gasteiger partial charge is 0.397 e. The molecular weight excluding hydrogens is 1410 g/mol. The number of aryl methyl sites for hydroxylation is 4. The van der Waals surface area contributed by atoms with Crippen molar-refractivity contribution in [3.8, 4) is 0 Å². The Labute approximate surface area is 626 Å². The molecule has 5 aliphatic heterocycles. The minimum Gasteiger partial charge on any atom is -0.397 e. The number of aromatic nitrogens is 19. The first-order valence-corrected chi connectivity index (χ1v) is 33.4. The van der Waals surface area contributed by atoms with Gasteiger partial charge in [-0.2, -0.15) is 0 Å². The van der Waals surface area contributed by atoms with E-state index in [1.807, 2.05) is 20.8 Å². The third-order valence-corrected chi connectivity index (χ3v) is 18.3. The van der Waals surface area contributed by atoms with Crippen molar-refractivity contribution in [2.24, 2.45) is 0 Å². The number of alkyl halides is 2. The number of imidazole rings is 5. The van der Waals surface area contributed by atoms with E-state index in [-0.39, 0.29) is 6.10 Å². The third kappa shape index (κ3) is 16.1. The minimum absolute atomic E-state index is 0.322. The Bertz CT molecular complexity index is 4800. The Morgan fingerprint density at radius 1 is 0.458 bits per heavy atom. The fourth-order valence-electron chi connectivity index (χ4n) is 13.1. The van der Waals surface area contributed by atoms with Crippen molar-refractivity contribution in [1.82, 2.24) is 97.9 Å². The average molecular weight is 1510 g/mol. The number of aliphatic hydroxyl groups excluding tert-OH is 1. The summed E-state index contributed by atoms with van der Waals surface area (Å²) < 4.78 is 193. The molecule has 15 rings (SSSR count). The lowest BCUT2D eigenvalue weighted by molar-refractivity contribution is -0.178. The summed E-state index contributed by atoms with van der Waals surface area (Å²) in [4.78, 5) is 58.5. The van der Waals surface area contributed by atoms with Gasteiger partial charge in [0.15, 0.2) is 78.0 Å².